The van der Waals surface area contributed by atoms with E-state index in [1.165, 1.54) is 6.07 Å². The fourth-order valence-electron chi connectivity index (χ4n) is 3.16. The van der Waals surface area contributed by atoms with Gasteiger partial charge in [-0.1, -0.05) is 0 Å². The van der Waals surface area contributed by atoms with E-state index in [0.29, 0.717) is 37.6 Å². The van der Waals surface area contributed by atoms with Gasteiger partial charge in [-0.3, -0.25) is 15.0 Å². The van der Waals surface area contributed by atoms with E-state index in [9.17, 15) is 10.1 Å². The van der Waals surface area contributed by atoms with Crippen molar-refractivity contribution in [3.05, 3.63) is 81.7 Å². The lowest BCUT2D eigenvalue weighted by Crippen LogP contribution is -2.23. The maximum Gasteiger partial charge on any atom is 0.270 e. The number of furan rings is 2. The zero-order valence-corrected chi connectivity index (χ0v) is 14.5. The minimum Gasteiger partial charge on any atom is -0.468 e. The summed E-state index contributed by atoms with van der Waals surface area (Å²) >= 11 is 0. The topological polar surface area (TPSA) is 91.1 Å². The molecule has 0 N–H and O–H groups in total. The largest absolute Gasteiger partial charge is 0.468 e. The third-order valence-corrected chi connectivity index (χ3v) is 4.30. The van der Waals surface area contributed by atoms with Crippen LogP contribution in [0, 0.1) is 10.1 Å². The molecular weight excluding hydrogens is 352 g/mol. The van der Waals surface area contributed by atoms with Crippen molar-refractivity contribution in [3.8, 4) is 5.75 Å². The second-order valence-electron chi connectivity index (χ2n) is 6.26. The molecular formula is C19H18N2O6. The van der Waals surface area contributed by atoms with E-state index in [4.69, 9.17) is 18.3 Å². The molecule has 4 rings (SSSR count). The van der Waals surface area contributed by atoms with E-state index in [1.807, 2.05) is 24.3 Å². The van der Waals surface area contributed by atoms with Gasteiger partial charge in [0.05, 0.1) is 37.1 Å². The number of hydrogen-bond donors (Lipinski definition) is 0. The van der Waals surface area contributed by atoms with Gasteiger partial charge in [-0.2, -0.15) is 0 Å². The number of fused-ring (bicyclic) bond motifs is 1. The Balaban J connectivity index is 1.65. The van der Waals surface area contributed by atoms with E-state index < -0.39 is 4.92 Å². The van der Waals surface area contributed by atoms with E-state index in [2.05, 4.69) is 4.90 Å². The first kappa shape index (κ1) is 17.3. The SMILES string of the molecule is O=[N+]([O-])c1cc2c(c(CN(Cc3ccco3)Cc3ccco3)c1)OCOC2. The molecule has 8 nitrogen and oxygen atoms in total. The quantitative estimate of drug-likeness (QED) is 0.461. The molecule has 3 aromatic rings. The molecule has 1 aliphatic rings. The van der Waals surface area contributed by atoms with Crippen LogP contribution in [0.3, 0.4) is 0 Å². The Kier molecular flexibility index (Phi) is 4.91. The number of nitro groups is 1. The number of hydrogen-bond acceptors (Lipinski definition) is 7. The monoisotopic (exact) mass is 370 g/mol. The van der Waals surface area contributed by atoms with Crippen LogP contribution in [0.15, 0.2) is 57.8 Å². The summed E-state index contributed by atoms with van der Waals surface area (Å²) in [6.07, 6.45) is 3.24. The maximum atomic E-state index is 11.3. The predicted molar refractivity (Wildman–Crippen MR) is 93.7 cm³/mol. The molecule has 3 heterocycles. The minimum atomic E-state index is -0.401. The summed E-state index contributed by atoms with van der Waals surface area (Å²) in [4.78, 5) is 13.0. The molecule has 0 atom stereocenters. The summed E-state index contributed by atoms with van der Waals surface area (Å²) in [5, 5.41) is 11.3. The molecule has 0 spiro atoms. The van der Waals surface area contributed by atoms with Gasteiger partial charge in [-0.05, 0) is 24.3 Å². The molecule has 0 saturated heterocycles. The van der Waals surface area contributed by atoms with Gasteiger partial charge in [0, 0.05) is 29.8 Å². The van der Waals surface area contributed by atoms with Gasteiger partial charge in [-0.15, -0.1) is 0 Å². The summed E-state index contributed by atoms with van der Waals surface area (Å²) in [5.41, 5.74) is 1.44. The maximum absolute atomic E-state index is 11.3. The first-order valence-electron chi connectivity index (χ1n) is 8.47. The van der Waals surface area contributed by atoms with Crippen LogP contribution in [0.1, 0.15) is 22.6 Å². The molecule has 8 heteroatoms. The third-order valence-electron chi connectivity index (χ3n) is 4.30. The predicted octanol–water partition coefficient (Wildman–Crippen LogP) is 3.85. The van der Waals surface area contributed by atoms with Crippen molar-refractivity contribution in [2.45, 2.75) is 26.2 Å². The van der Waals surface area contributed by atoms with E-state index in [1.54, 1.807) is 18.6 Å². The van der Waals surface area contributed by atoms with Crippen LogP contribution < -0.4 is 4.74 Å². The molecule has 140 valence electrons. The van der Waals surface area contributed by atoms with Crippen LogP contribution in [0.4, 0.5) is 5.69 Å². The Hall–Kier alpha value is -3.10. The van der Waals surface area contributed by atoms with Crippen molar-refractivity contribution in [2.24, 2.45) is 0 Å². The van der Waals surface area contributed by atoms with E-state index >= 15 is 0 Å². The molecule has 2 aromatic heterocycles. The molecule has 0 fully saturated rings. The standard InChI is InChI=1S/C19H18N2O6/c22-21(23)16-7-14(19-15(8-16)12-24-13-27-19)9-20(10-17-3-1-5-25-17)11-18-4-2-6-26-18/h1-8H,9-13H2. The summed E-state index contributed by atoms with van der Waals surface area (Å²) in [7, 11) is 0. The lowest BCUT2D eigenvalue weighted by molar-refractivity contribution is -0.385. The van der Waals surface area contributed by atoms with Crippen LogP contribution in [0.25, 0.3) is 0 Å². The fraction of sp³-hybridized carbons (Fsp3) is 0.263. The van der Waals surface area contributed by atoms with Crippen molar-refractivity contribution < 1.29 is 23.2 Å². The molecule has 0 unspecified atom stereocenters. The molecule has 1 aliphatic heterocycles. The first-order valence-corrected chi connectivity index (χ1v) is 8.47. The Morgan fingerprint density at radius 3 is 2.33 bits per heavy atom. The van der Waals surface area contributed by atoms with Gasteiger partial charge in [-0.25, -0.2) is 0 Å². The highest BCUT2D eigenvalue weighted by Crippen LogP contribution is 2.34. The number of nitro benzene ring substituents is 1. The van der Waals surface area contributed by atoms with Crippen LogP contribution >= 0.6 is 0 Å². The summed E-state index contributed by atoms with van der Waals surface area (Å²) in [5.74, 6) is 2.24. The lowest BCUT2D eigenvalue weighted by atomic mass is 10.1. The summed E-state index contributed by atoms with van der Waals surface area (Å²) in [6.45, 7) is 1.92. The zero-order valence-electron chi connectivity index (χ0n) is 14.5. The number of benzene rings is 1. The van der Waals surface area contributed by atoms with Gasteiger partial charge >= 0.3 is 0 Å². The molecule has 0 radical (unpaired) electrons. The van der Waals surface area contributed by atoms with Crippen molar-refractivity contribution in [3.63, 3.8) is 0 Å². The van der Waals surface area contributed by atoms with Crippen LogP contribution in [0.5, 0.6) is 5.75 Å². The fourth-order valence-corrected chi connectivity index (χ4v) is 3.16. The normalized spacial score (nSPS) is 13.4. The second-order valence-corrected chi connectivity index (χ2v) is 6.26. The second kappa shape index (κ2) is 7.65. The molecule has 0 aliphatic carbocycles. The Morgan fingerprint density at radius 2 is 1.74 bits per heavy atom. The highest BCUT2D eigenvalue weighted by molar-refractivity contribution is 5.50. The van der Waals surface area contributed by atoms with Gasteiger partial charge in [0.1, 0.15) is 17.3 Å². The molecule has 0 amide bonds. The first-order chi connectivity index (χ1) is 13.2. The molecule has 0 bridgehead atoms. The third kappa shape index (κ3) is 4.02. The van der Waals surface area contributed by atoms with Crippen molar-refractivity contribution >= 4 is 5.69 Å². The minimum absolute atomic E-state index is 0.0220. The van der Waals surface area contributed by atoms with Gasteiger partial charge in [0.25, 0.3) is 5.69 Å². The van der Waals surface area contributed by atoms with Crippen molar-refractivity contribution in [1.29, 1.82) is 0 Å². The van der Waals surface area contributed by atoms with Gasteiger partial charge in [0.2, 0.25) is 0 Å². The lowest BCUT2D eigenvalue weighted by Gasteiger charge is -2.25. The number of ether oxygens (including phenoxy) is 2. The average Bonchev–Trinajstić information content (AvgIpc) is 3.35. The number of rotatable bonds is 7. The molecule has 1 aromatic carbocycles. The van der Waals surface area contributed by atoms with Crippen LogP contribution in [-0.4, -0.2) is 16.6 Å². The smallest absolute Gasteiger partial charge is 0.270 e. The van der Waals surface area contributed by atoms with Crippen molar-refractivity contribution in [2.75, 3.05) is 6.79 Å². The zero-order chi connectivity index (χ0) is 18.6. The van der Waals surface area contributed by atoms with E-state index in [-0.39, 0.29) is 12.5 Å². The van der Waals surface area contributed by atoms with Crippen molar-refractivity contribution in [1.82, 2.24) is 4.90 Å². The summed E-state index contributed by atoms with van der Waals surface area (Å²) in [6, 6.07) is 10.5. The number of non-ortho nitro benzene ring substituents is 1. The highest BCUT2D eigenvalue weighted by Gasteiger charge is 2.23. The average molecular weight is 370 g/mol. The summed E-state index contributed by atoms with van der Waals surface area (Å²) < 4.78 is 21.8. The van der Waals surface area contributed by atoms with Gasteiger partial charge in [0.15, 0.2) is 6.79 Å². The molecule has 0 saturated carbocycles. The Labute approximate surface area is 155 Å². The number of nitrogens with zero attached hydrogens (tertiary/aromatic N) is 2. The Bertz CT molecular complexity index is 868. The Morgan fingerprint density at radius 1 is 1.04 bits per heavy atom. The highest BCUT2D eigenvalue weighted by atomic mass is 16.7. The van der Waals surface area contributed by atoms with Crippen LogP contribution in [-0.2, 0) is 31.0 Å². The van der Waals surface area contributed by atoms with Gasteiger partial charge < -0.3 is 18.3 Å². The molecule has 27 heavy (non-hydrogen) atoms. The van der Waals surface area contributed by atoms with Crippen LogP contribution in [0.2, 0.25) is 0 Å². The van der Waals surface area contributed by atoms with E-state index in [0.717, 1.165) is 17.1 Å².